The molecule has 0 spiro atoms. The Morgan fingerprint density at radius 2 is 1.75 bits per heavy atom. The normalized spacial score (nSPS) is 11.2. The molecule has 0 atom stereocenters. The van der Waals surface area contributed by atoms with Crippen LogP contribution in [0, 0.1) is 5.92 Å². The third kappa shape index (κ3) is 5.42. The van der Waals surface area contributed by atoms with Gasteiger partial charge in [0.25, 0.3) is 0 Å². The monoisotopic (exact) mass is 327 g/mol. The van der Waals surface area contributed by atoms with Crippen molar-refractivity contribution in [3.8, 4) is 0 Å². The Labute approximate surface area is 143 Å². The molecule has 24 heavy (non-hydrogen) atoms. The minimum Gasteiger partial charge on any atom is -0.476 e. The predicted octanol–water partition coefficient (Wildman–Crippen LogP) is 3.40. The van der Waals surface area contributed by atoms with Gasteiger partial charge in [0.2, 0.25) is 0 Å². The molecule has 0 aliphatic carbocycles. The van der Waals surface area contributed by atoms with Crippen molar-refractivity contribution in [2.75, 3.05) is 6.54 Å². The number of aryl methyl sites for hydroxylation is 1. The smallest absolute Gasteiger partial charge is 0.356 e. The Hall–Kier alpha value is -2.27. The minimum atomic E-state index is -1.05. The zero-order valence-corrected chi connectivity index (χ0v) is 14.6. The van der Waals surface area contributed by atoms with Gasteiger partial charge in [-0.2, -0.15) is 0 Å². The van der Waals surface area contributed by atoms with Crippen molar-refractivity contribution < 1.29 is 9.90 Å². The van der Waals surface area contributed by atoms with Crippen LogP contribution in [0.5, 0.6) is 0 Å². The molecule has 1 aromatic heterocycles. The molecule has 5 nitrogen and oxygen atoms in total. The van der Waals surface area contributed by atoms with Crippen molar-refractivity contribution in [3.63, 3.8) is 0 Å². The number of hydrogen-bond donors (Lipinski definition) is 1. The van der Waals surface area contributed by atoms with Crippen LogP contribution in [0.2, 0.25) is 0 Å². The minimum absolute atomic E-state index is 0.0238. The number of aromatic carboxylic acids is 1. The summed E-state index contributed by atoms with van der Waals surface area (Å²) in [4.78, 5) is 21.4. The summed E-state index contributed by atoms with van der Waals surface area (Å²) in [5, 5.41) is 8.90. The van der Waals surface area contributed by atoms with Gasteiger partial charge in [0.05, 0.1) is 18.1 Å². The number of aromatic nitrogens is 2. The predicted molar refractivity (Wildman–Crippen MR) is 93.8 cm³/mol. The average molecular weight is 327 g/mol. The maximum absolute atomic E-state index is 10.9. The molecule has 1 aromatic carbocycles. The average Bonchev–Trinajstić information content (AvgIpc) is 2.55. The van der Waals surface area contributed by atoms with Crippen LogP contribution in [0.15, 0.2) is 36.7 Å². The van der Waals surface area contributed by atoms with Crippen molar-refractivity contribution in [2.45, 2.75) is 40.3 Å². The van der Waals surface area contributed by atoms with E-state index >= 15 is 0 Å². The van der Waals surface area contributed by atoms with E-state index in [2.05, 4.69) is 59.9 Å². The molecule has 0 saturated carbocycles. The molecule has 0 aliphatic heterocycles. The summed E-state index contributed by atoms with van der Waals surface area (Å²) in [5.41, 5.74) is 3.36. The highest BCUT2D eigenvalue weighted by Gasteiger charge is 2.12. The van der Waals surface area contributed by atoms with Gasteiger partial charge in [-0.05, 0) is 23.5 Å². The summed E-state index contributed by atoms with van der Waals surface area (Å²) in [7, 11) is 0. The zero-order chi connectivity index (χ0) is 17.5. The number of benzene rings is 1. The quantitative estimate of drug-likeness (QED) is 0.805. The van der Waals surface area contributed by atoms with Crippen LogP contribution in [0.4, 0.5) is 0 Å². The molecular formula is C19H25N3O2. The summed E-state index contributed by atoms with van der Waals surface area (Å²) in [5.74, 6) is -0.518. The molecule has 2 aromatic rings. The molecule has 128 valence electrons. The van der Waals surface area contributed by atoms with Gasteiger partial charge >= 0.3 is 5.97 Å². The van der Waals surface area contributed by atoms with Crippen LogP contribution in [0.1, 0.15) is 48.1 Å². The van der Waals surface area contributed by atoms with Gasteiger partial charge in [0.1, 0.15) is 0 Å². The lowest BCUT2D eigenvalue weighted by molar-refractivity contribution is 0.0690. The Bertz CT molecular complexity index is 651. The standard InChI is InChI=1S/C19H25N3O2/c1-4-15-5-7-16(8-6-15)12-22(11-14(2)3)13-17-9-21-18(10-20-17)19(23)24/h5-10,14H,4,11-13H2,1-3H3,(H,23,24). The Balaban J connectivity index is 2.07. The van der Waals surface area contributed by atoms with Crippen LogP contribution in [0.3, 0.4) is 0 Å². The largest absolute Gasteiger partial charge is 0.476 e. The Morgan fingerprint density at radius 1 is 1.08 bits per heavy atom. The third-order valence-electron chi connectivity index (χ3n) is 3.77. The molecule has 0 amide bonds. The molecular weight excluding hydrogens is 302 g/mol. The highest BCUT2D eigenvalue weighted by Crippen LogP contribution is 2.12. The number of rotatable bonds is 8. The number of nitrogens with zero attached hydrogens (tertiary/aromatic N) is 3. The van der Waals surface area contributed by atoms with Crippen molar-refractivity contribution in [3.05, 3.63) is 59.2 Å². The second-order valence-corrected chi connectivity index (χ2v) is 6.43. The summed E-state index contributed by atoms with van der Waals surface area (Å²) in [6.07, 6.45) is 3.92. The first kappa shape index (κ1) is 18.1. The topological polar surface area (TPSA) is 66.3 Å². The lowest BCUT2D eigenvalue weighted by Crippen LogP contribution is -2.27. The van der Waals surface area contributed by atoms with E-state index in [9.17, 15) is 4.79 Å². The van der Waals surface area contributed by atoms with Gasteiger partial charge in [-0.15, -0.1) is 0 Å². The van der Waals surface area contributed by atoms with E-state index in [1.807, 2.05) is 0 Å². The van der Waals surface area contributed by atoms with Crippen LogP contribution in [-0.4, -0.2) is 32.5 Å². The highest BCUT2D eigenvalue weighted by atomic mass is 16.4. The van der Waals surface area contributed by atoms with Crippen LogP contribution < -0.4 is 0 Å². The second kappa shape index (κ2) is 8.55. The van der Waals surface area contributed by atoms with Gasteiger partial charge in [-0.3, -0.25) is 9.88 Å². The molecule has 0 saturated heterocycles. The molecule has 0 radical (unpaired) electrons. The Morgan fingerprint density at radius 3 is 2.25 bits per heavy atom. The lowest BCUT2D eigenvalue weighted by atomic mass is 10.1. The fourth-order valence-corrected chi connectivity index (χ4v) is 2.62. The van der Waals surface area contributed by atoms with Gasteiger partial charge < -0.3 is 5.11 Å². The van der Waals surface area contributed by atoms with E-state index in [1.54, 1.807) is 6.20 Å². The fraction of sp³-hybridized carbons (Fsp3) is 0.421. The van der Waals surface area contributed by atoms with Gasteiger partial charge in [-0.25, -0.2) is 9.78 Å². The van der Waals surface area contributed by atoms with Crippen molar-refractivity contribution in [2.24, 2.45) is 5.92 Å². The maximum atomic E-state index is 10.9. The molecule has 0 aliphatic rings. The Kier molecular flexibility index (Phi) is 6.44. The van der Waals surface area contributed by atoms with Crippen LogP contribution in [0.25, 0.3) is 0 Å². The number of carboxylic acids is 1. The van der Waals surface area contributed by atoms with Gasteiger partial charge in [-0.1, -0.05) is 45.0 Å². The molecule has 0 fully saturated rings. The fourth-order valence-electron chi connectivity index (χ4n) is 2.62. The molecule has 0 unspecified atom stereocenters. The second-order valence-electron chi connectivity index (χ2n) is 6.43. The van der Waals surface area contributed by atoms with Crippen LogP contribution in [-0.2, 0) is 19.5 Å². The molecule has 1 N–H and O–H groups in total. The highest BCUT2D eigenvalue weighted by molar-refractivity contribution is 5.84. The molecule has 5 heteroatoms. The van der Waals surface area contributed by atoms with Crippen molar-refractivity contribution in [1.82, 2.24) is 14.9 Å². The number of carbonyl (C=O) groups is 1. The van der Waals surface area contributed by atoms with Crippen LogP contribution >= 0.6 is 0 Å². The van der Waals surface area contributed by atoms with E-state index in [0.29, 0.717) is 12.5 Å². The summed E-state index contributed by atoms with van der Waals surface area (Å²) < 4.78 is 0. The lowest BCUT2D eigenvalue weighted by Gasteiger charge is -2.24. The zero-order valence-electron chi connectivity index (χ0n) is 14.6. The number of carboxylic acid groups (broad SMARTS) is 1. The maximum Gasteiger partial charge on any atom is 0.356 e. The van der Waals surface area contributed by atoms with E-state index in [4.69, 9.17) is 5.11 Å². The first-order chi connectivity index (χ1) is 11.5. The number of hydrogen-bond acceptors (Lipinski definition) is 4. The van der Waals surface area contributed by atoms with Gasteiger partial charge in [0, 0.05) is 19.6 Å². The SMILES string of the molecule is CCc1ccc(CN(Cc2cnc(C(=O)O)cn2)CC(C)C)cc1. The molecule has 2 rings (SSSR count). The van der Waals surface area contributed by atoms with Crippen molar-refractivity contribution >= 4 is 5.97 Å². The van der Waals surface area contributed by atoms with E-state index in [0.717, 1.165) is 25.2 Å². The van der Waals surface area contributed by atoms with Gasteiger partial charge in [0.15, 0.2) is 5.69 Å². The van der Waals surface area contributed by atoms with Crippen molar-refractivity contribution in [1.29, 1.82) is 0 Å². The molecule has 0 bridgehead atoms. The first-order valence-electron chi connectivity index (χ1n) is 8.32. The summed E-state index contributed by atoms with van der Waals surface area (Å²) >= 11 is 0. The third-order valence-corrected chi connectivity index (χ3v) is 3.77. The summed E-state index contributed by atoms with van der Waals surface area (Å²) in [6.45, 7) is 8.96. The van der Waals surface area contributed by atoms with E-state index in [-0.39, 0.29) is 5.69 Å². The molecule has 1 heterocycles. The first-order valence-corrected chi connectivity index (χ1v) is 8.32. The van der Waals surface area contributed by atoms with E-state index in [1.165, 1.54) is 17.3 Å². The van der Waals surface area contributed by atoms with E-state index < -0.39 is 5.97 Å². The summed E-state index contributed by atoms with van der Waals surface area (Å²) in [6, 6.07) is 8.69.